The molecule has 4 heteroatoms. The minimum Gasteiger partial charge on any atom is -0.456 e. The minimum atomic E-state index is 0.909. The Morgan fingerprint density at radius 1 is 0.438 bits per heavy atom. The largest absolute Gasteiger partial charge is 0.456 e. The van der Waals surface area contributed by atoms with E-state index in [-0.39, 0.29) is 0 Å². The zero-order valence-corrected chi connectivity index (χ0v) is 25.8. The van der Waals surface area contributed by atoms with Gasteiger partial charge in [-0.15, -0.1) is 0 Å². The lowest BCUT2D eigenvalue weighted by Gasteiger charge is -2.11. The van der Waals surface area contributed by atoms with Crippen molar-refractivity contribution in [1.29, 1.82) is 0 Å². The van der Waals surface area contributed by atoms with Crippen molar-refractivity contribution < 1.29 is 4.42 Å². The molecule has 0 spiro atoms. The van der Waals surface area contributed by atoms with Crippen LogP contribution in [0.15, 0.2) is 168 Å². The first-order valence-corrected chi connectivity index (χ1v) is 16.1. The van der Waals surface area contributed by atoms with E-state index in [2.05, 4.69) is 136 Å². The first kappa shape index (κ1) is 26.7. The number of aromatic nitrogens is 3. The summed E-state index contributed by atoms with van der Waals surface area (Å²) < 4.78 is 8.54. The van der Waals surface area contributed by atoms with Crippen molar-refractivity contribution in [2.45, 2.75) is 0 Å². The van der Waals surface area contributed by atoms with Crippen LogP contribution in [0, 0.1) is 0 Å². The van der Waals surface area contributed by atoms with Crippen LogP contribution in [0.2, 0.25) is 0 Å². The predicted octanol–water partition coefficient (Wildman–Crippen LogP) is 11.6. The molecule has 10 rings (SSSR count). The van der Waals surface area contributed by atoms with Gasteiger partial charge < -0.3 is 8.98 Å². The Kier molecular flexibility index (Phi) is 5.84. The van der Waals surface area contributed by atoms with Crippen LogP contribution in [-0.4, -0.2) is 14.5 Å². The van der Waals surface area contributed by atoms with Gasteiger partial charge in [0.25, 0.3) is 0 Å². The zero-order chi connectivity index (χ0) is 31.6. The van der Waals surface area contributed by atoms with E-state index in [4.69, 9.17) is 4.42 Å². The van der Waals surface area contributed by atoms with Gasteiger partial charge in [-0.2, -0.15) is 0 Å². The van der Waals surface area contributed by atoms with Gasteiger partial charge in [-0.3, -0.25) is 0 Å². The molecule has 0 unspecified atom stereocenters. The molecular formula is C44H27N3O. The third kappa shape index (κ3) is 4.10. The lowest BCUT2D eigenvalue weighted by molar-refractivity contribution is 0.669. The molecule has 4 nitrogen and oxygen atoms in total. The molecular weight excluding hydrogens is 587 g/mol. The van der Waals surface area contributed by atoms with Crippen molar-refractivity contribution >= 4 is 54.6 Å². The maximum atomic E-state index is 6.17. The number of benzene rings is 7. The van der Waals surface area contributed by atoms with Gasteiger partial charge in [0.05, 0.1) is 22.2 Å². The molecule has 0 atom stereocenters. The van der Waals surface area contributed by atoms with Crippen molar-refractivity contribution in [3.8, 4) is 39.2 Å². The number of furan rings is 1. The predicted molar refractivity (Wildman–Crippen MR) is 197 cm³/mol. The fourth-order valence-electron chi connectivity index (χ4n) is 7.32. The van der Waals surface area contributed by atoms with E-state index in [0.717, 1.165) is 60.9 Å². The van der Waals surface area contributed by atoms with Crippen molar-refractivity contribution in [3.63, 3.8) is 0 Å². The standard InChI is InChI=1S/C44H27N3O/c1-4-15-38-35(12-1)44(46-27-45-38)31-10-7-9-29(25-31)30-21-24-40-37(26-30)34-11-2-5-16-39(34)47(40)32-22-19-28(20-23-32)33-14-8-18-42-43(33)36-13-3-6-17-41(36)48-42/h1-27H. The Morgan fingerprint density at radius 3 is 2.04 bits per heavy atom. The van der Waals surface area contributed by atoms with Crippen molar-refractivity contribution in [3.05, 3.63) is 164 Å². The summed E-state index contributed by atoms with van der Waals surface area (Å²) in [5.74, 6) is 0. The Hall–Kier alpha value is -6.52. The Morgan fingerprint density at radius 2 is 1.12 bits per heavy atom. The number of para-hydroxylation sites is 3. The van der Waals surface area contributed by atoms with Gasteiger partial charge in [-0.1, -0.05) is 103 Å². The van der Waals surface area contributed by atoms with Gasteiger partial charge in [-0.05, 0) is 76.9 Å². The highest BCUT2D eigenvalue weighted by molar-refractivity contribution is 6.13. The van der Waals surface area contributed by atoms with Crippen molar-refractivity contribution in [1.82, 2.24) is 14.5 Å². The molecule has 3 aromatic heterocycles. The van der Waals surface area contributed by atoms with Gasteiger partial charge in [-0.25, -0.2) is 9.97 Å². The van der Waals surface area contributed by atoms with Gasteiger partial charge >= 0.3 is 0 Å². The smallest absolute Gasteiger partial charge is 0.136 e. The lowest BCUT2D eigenvalue weighted by atomic mass is 9.98. The topological polar surface area (TPSA) is 43.9 Å². The number of fused-ring (bicyclic) bond motifs is 7. The second-order valence-corrected chi connectivity index (χ2v) is 12.2. The van der Waals surface area contributed by atoms with E-state index in [0.29, 0.717) is 0 Å². The van der Waals surface area contributed by atoms with Crippen LogP contribution in [0.3, 0.4) is 0 Å². The number of hydrogen-bond acceptors (Lipinski definition) is 3. The first-order valence-electron chi connectivity index (χ1n) is 16.1. The van der Waals surface area contributed by atoms with Gasteiger partial charge in [0.1, 0.15) is 17.5 Å². The molecule has 0 amide bonds. The van der Waals surface area contributed by atoms with E-state index in [1.807, 2.05) is 36.4 Å². The van der Waals surface area contributed by atoms with Crippen LogP contribution in [0.25, 0.3) is 93.8 Å². The number of rotatable bonds is 4. The third-order valence-corrected chi connectivity index (χ3v) is 9.52. The average Bonchev–Trinajstić information content (AvgIpc) is 3.70. The average molecular weight is 614 g/mol. The number of hydrogen-bond donors (Lipinski definition) is 0. The van der Waals surface area contributed by atoms with Crippen LogP contribution in [-0.2, 0) is 0 Å². The number of nitrogens with zero attached hydrogens (tertiary/aromatic N) is 3. The Bertz CT molecular complexity index is 2840. The molecule has 0 N–H and O–H groups in total. The Balaban J connectivity index is 1.08. The van der Waals surface area contributed by atoms with Crippen LogP contribution in [0.4, 0.5) is 0 Å². The molecule has 10 aromatic rings. The Labute approximate surface area is 276 Å². The summed E-state index contributed by atoms with van der Waals surface area (Å²) in [6.07, 6.45) is 1.65. The van der Waals surface area contributed by atoms with Gasteiger partial charge in [0.2, 0.25) is 0 Å². The highest BCUT2D eigenvalue weighted by Gasteiger charge is 2.16. The molecule has 48 heavy (non-hydrogen) atoms. The van der Waals surface area contributed by atoms with Crippen molar-refractivity contribution in [2.75, 3.05) is 0 Å². The summed E-state index contributed by atoms with van der Waals surface area (Å²) in [5.41, 5.74) is 12.9. The molecule has 0 aliphatic carbocycles. The molecule has 0 saturated heterocycles. The normalized spacial score (nSPS) is 11.8. The molecule has 0 bridgehead atoms. The van der Waals surface area contributed by atoms with Crippen LogP contribution in [0.1, 0.15) is 0 Å². The molecule has 0 saturated carbocycles. The van der Waals surface area contributed by atoms with E-state index in [1.54, 1.807) is 6.33 Å². The molecule has 0 aliphatic rings. The third-order valence-electron chi connectivity index (χ3n) is 9.52. The fraction of sp³-hybridized carbons (Fsp3) is 0. The first-order chi connectivity index (χ1) is 23.8. The molecule has 0 radical (unpaired) electrons. The van der Waals surface area contributed by atoms with Crippen LogP contribution < -0.4 is 0 Å². The highest BCUT2D eigenvalue weighted by atomic mass is 16.3. The SMILES string of the molecule is c1cc(-c2ccc3c(c2)c2ccccc2n3-c2ccc(-c3cccc4oc5ccccc5c34)cc2)cc(-c2ncnc3ccccc23)c1. The van der Waals surface area contributed by atoms with Crippen LogP contribution >= 0.6 is 0 Å². The summed E-state index contributed by atoms with van der Waals surface area (Å²) in [7, 11) is 0. The zero-order valence-electron chi connectivity index (χ0n) is 25.8. The van der Waals surface area contributed by atoms with Crippen molar-refractivity contribution in [2.24, 2.45) is 0 Å². The highest BCUT2D eigenvalue weighted by Crippen LogP contribution is 2.39. The van der Waals surface area contributed by atoms with Gasteiger partial charge in [0.15, 0.2) is 0 Å². The second-order valence-electron chi connectivity index (χ2n) is 12.2. The quantitative estimate of drug-likeness (QED) is 0.198. The molecule has 3 heterocycles. The van der Waals surface area contributed by atoms with E-state index in [1.165, 1.54) is 32.9 Å². The molecule has 0 aliphatic heterocycles. The monoisotopic (exact) mass is 613 g/mol. The van der Waals surface area contributed by atoms with E-state index >= 15 is 0 Å². The van der Waals surface area contributed by atoms with Gasteiger partial charge in [0, 0.05) is 38.2 Å². The molecule has 224 valence electrons. The fourth-order valence-corrected chi connectivity index (χ4v) is 7.32. The minimum absolute atomic E-state index is 0.909. The maximum absolute atomic E-state index is 6.17. The molecule has 7 aromatic carbocycles. The summed E-state index contributed by atoms with van der Waals surface area (Å²) in [6, 6.07) is 55.8. The van der Waals surface area contributed by atoms with Crippen LogP contribution in [0.5, 0.6) is 0 Å². The molecule has 0 fully saturated rings. The summed E-state index contributed by atoms with van der Waals surface area (Å²) >= 11 is 0. The lowest BCUT2D eigenvalue weighted by Crippen LogP contribution is -1.94. The summed E-state index contributed by atoms with van der Waals surface area (Å²) in [5, 5.41) is 5.80. The van der Waals surface area contributed by atoms with E-state index < -0.39 is 0 Å². The van der Waals surface area contributed by atoms with E-state index in [9.17, 15) is 0 Å². The summed E-state index contributed by atoms with van der Waals surface area (Å²) in [4.78, 5) is 9.13. The maximum Gasteiger partial charge on any atom is 0.136 e. The second kappa shape index (κ2) is 10.5. The summed E-state index contributed by atoms with van der Waals surface area (Å²) in [6.45, 7) is 0.